The molecule has 5 nitrogen and oxygen atoms in total. The minimum absolute atomic E-state index is 0.000697. The number of benzene rings is 1. The fourth-order valence-corrected chi connectivity index (χ4v) is 1.95. The zero-order valence-electron chi connectivity index (χ0n) is 9.61. The van der Waals surface area contributed by atoms with E-state index in [0.29, 0.717) is 17.6 Å². The lowest BCUT2D eigenvalue weighted by molar-refractivity contribution is -0.383. The molecule has 17 heavy (non-hydrogen) atoms. The van der Waals surface area contributed by atoms with E-state index < -0.39 is 4.92 Å². The first-order chi connectivity index (χ1) is 8.06. The third-order valence-electron chi connectivity index (χ3n) is 2.87. The van der Waals surface area contributed by atoms with Crippen LogP contribution >= 0.6 is 0 Å². The van der Waals surface area contributed by atoms with Gasteiger partial charge < -0.3 is 4.98 Å². The lowest BCUT2D eigenvalue weighted by Gasteiger charge is -1.94. The van der Waals surface area contributed by atoms with Gasteiger partial charge in [0.25, 0.3) is 5.69 Å². The number of hydrogen-bond donors (Lipinski definition) is 1. The second kappa shape index (κ2) is 4.01. The Morgan fingerprint density at radius 3 is 2.76 bits per heavy atom. The number of fused-ring (bicyclic) bond motifs is 1. The van der Waals surface area contributed by atoms with Crippen molar-refractivity contribution < 1.29 is 9.72 Å². The van der Waals surface area contributed by atoms with Crippen molar-refractivity contribution in [1.29, 1.82) is 0 Å². The molecule has 0 spiro atoms. The van der Waals surface area contributed by atoms with E-state index in [0.717, 1.165) is 10.9 Å². The number of nitrogens with zero attached hydrogens (tertiary/aromatic N) is 1. The SMILES string of the molecule is CCC(=O)c1[nH]c2c([N+](=O)[O-])cccc2c1C. The minimum Gasteiger partial charge on any atom is -0.346 e. The molecule has 0 saturated heterocycles. The standard InChI is InChI=1S/C12H12N2O3/c1-3-10(15)11-7(2)8-5-4-6-9(14(16)17)12(8)13-11/h4-6,13H,3H2,1-2H3. The molecule has 1 N–H and O–H groups in total. The average molecular weight is 232 g/mol. The number of carbonyl (C=O) groups is 1. The van der Waals surface area contributed by atoms with Crippen LogP contribution in [-0.4, -0.2) is 15.7 Å². The smallest absolute Gasteiger partial charge is 0.293 e. The van der Waals surface area contributed by atoms with Crippen LogP contribution in [0, 0.1) is 17.0 Å². The number of carbonyl (C=O) groups excluding carboxylic acids is 1. The summed E-state index contributed by atoms with van der Waals surface area (Å²) in [7, 11) is 0. The van der Waals surface area contributed by atoms with E-state index >= 15 is 0 Å². The zero-order valence-corrected chi connectivity index (χ0v) is 9.61. The number of aromatic amines is 1. The number of nitro groups is 1. The van der Waals surface area contributed by atoms with E-state index in [1.807, 2.05) is 0 Å². The van der Waals surface area contributed by atoms with Crippen LogP contribution in [0.25, 0.3) is 10.9 Å². The van der Waals surface area contributed by atoms with Gasteiger partial charge in [0.2, 0.25) is 0 Å². The maximum absolute atomic E-state index is 11.7. The molecule has 0 amide bonds. The summed E-state index contributed by atoms with van der Waals surface area (Å²) < 4.78 is 0. The molecule has 0 fully saturated rings. The Kier molecular flexibility index (Phi) is 2.67. The zero-order chi connectivity index (χ0) is 12.6. The van der Waals surface area contributed by atoms with Crippen LogP contribution in [0.3, 0.4) is 0 Å². The van der Waals surface area contributed by atoms with Crippen LogP contribution in [0.1, 0.15) is 29.4 Å². The number of rotatable bonds is 3. The number of aryl methyl sites for hydroxylation is 1. The maximum atomic E-state index is 11.7. The number of para-hydroxylation sites is 1. The van der Waals surface area contributed by atoms with Gasteiger partial charge in [0.1, 0.15) is 5.52 Å². The van der Waals surface area contributed by atoms with Gasteiger partial charge in [0, 0.05) is 17.9 Å². The molecular weight excluding hydrogens is 220 g/mol. The second-order valence-electron chi connectivity index (χ2n) is 3.86. The van der Waals surface area contributed by atoms with E-state index in [1.54, 1.807) is 26.0 Å². The van der Waals surface area contributed by atoms with Crippen molar-refractivity contribution >= 4 is 22.4 Å². The lowest BCUT2D eigenvalue weighted by atomic mass is 10.1. The topological polar surface area (TPSA) is 76.0 Å². The van der Waals surface area contributed by atoms with Crippen molar-refractivity contribution in [3.8, 4) is 0 Å². The van der Waals surface area contributed by atoms with Gasteiger partial charge in [-0.15, -0.1) is 0 Å². The highest BCUT2D eigenvalue weighted by Crippen LogP contribution is 2.29. The van der Waals surface area contributed by atoms with Crippen LogP contribution in [-0.2, 0) is 0 Å². The summed E-state index contributed by atoms with van der Waals surface area (Å²) in [4.78, 5) is 25.0. The van der Waals surface area contributed by atoms with Crippen molar-refractivity contribution in [2.75, 3.05) is 0 Å². The first-order valence-corrected chi connectivity index (χ1v) is 5.35. The Hall–Kier alpha value is -2.17. The minimum atomic E-state index is -0.446. The predicted molar refractivity (Wildman–Crippen MR) is 64.3 cm³/mol. The molecule has 2 rings (SSSR count). The molecule has 1 aromatic heterocycles. The fraction of sp³-hybridized carbons (Fsp3) is 0.250. The number of nitrogens with one attached hydrogen (secondary N) is 1. The molecule has 0 bridgehead atoms. The fourth-order valence-electron chi connectivity index (χ4n) is 1.95. The van der Waals surface area contributed by atoms with Crippen molar-refractivity contribution in [1.82, 2.24) is 4.98 Å². The molecule has 5 heteroatoms. The normalized spacial score (nSPS) is 10.7. The summed E-state index contributed by atoms with van der Waals surface area (Å²) in [5.74, 6) is -0.0343. The van der Waals surface area contributed by atoms with Gasteiger partial charge in [-0.2, -0.15) is 0 Å². The molecule has 0 radical (unpaired) electrons. The third-order valence-corrected chi connectivity index (χ3v) is 2.87. The van der Waals surface area contributed by atoms with Gasteiger partial charge >= 0.3 is 0 Å². The van der Waals surface area contributed by atoms with Crippen LogP contribution in [0.5, 0.6) is 0 Å². The average Bonchev–Trinajstić information content (AvgIpc) is 2.66. The van der Waals surface area contributed by atoms with E-state index in [9.17, 15) is 14.9 Å². The summed E-state index contributed by atoms with van der Waals surface area (Å²) in [5.41, 5.74) is 1.67. The Labute approximate surface area is 97.6 Å². The third kappa shape index (κ3) is 1.69. The van der Waals surface area contributed by atoms with Gasteiger partial charge in [-0.25, -0.2) is 0 Å². The molecular formula is C12H12N2O3. The van der Waals surface area contributed by atoms with Crippen molar-refractivity contribution in [3.05, 3.63) is 39.6 Å². The first kappa shape index (κ1) is 11.3. The first-order valence-electron chi connectivity index (χ1n) is 5.35. The summed E-state index contributed by atoms with van der Waals surface area (Å²) in [6.45, 7) is 3.56. The Morgan fingerprint density at radius 2 is 2.18 bits per heavy atom. The number of non-ortho nitro benzene ring substituents is 1. The number of H-pyrrole nitrogens is 1. The highest BCUT2D eigenvalue weighted by molar-refractivity contribution is 6.03. The molecule has 0 aliphatic carbocycles. The lowest BCUT2D eigenvalue weighted by Crippen LogP contribution is -1.98. The number of aromatic nitrogens is 1. The van der Waals surface area contributed by atoms with Crippen molar-refractivity contribution in [2.24, 2.45) is 0 Å². The highest BCUT2D eigenvalue weighted by atomic mass is 16.6. The summed E-state index contributed by atoms with van der Waals surface area (Å²) in [6.07, 6.45) is 0.376. The van der Waals surface area contributed by atoms with Crippen LogP contribution in [0.15, 0.2) is 18.2 Å². The van der Waals surface area contributed by atoms with Gasteiger partial charge in [-0.05, 0) is 12.5 Å². The van der Waals surface area contributed by atoms with E-state index in [2.05, 4.69) is 4.98 Å². The number of hydrogen-bond acceptors (Lipinski definition) is 3. The number of Topliss-reactive ketones (excluding diaryl/α,β-unsaturated/α-hetero) is 1. The summed E-state index contributed by atoms with van der Waals surface area (Å²) >= 11 is 0. The van der Waals surface area contributed by atoms with E-state index in [1.165, 1.54) is 6.07 Å². The summed E-state index contributed by atoms with van der Waals surface area (Å²) in [6, 6.07) is 4.83. The molecule has 88 valence electrons. The van der Waals surface area contributed by atoms with Gasteiger partial charge in [-0.1, -0.05) is 19.1 Å². The van der Waals surface area contributed by atoms with Crippen molar-refractivity contribution in [2.45, 2.75) is 20.3 Å². The van der Waals surface area contributed by atoms with Gasteiger partial charge in [0.15, 0.2) is 5.78 Å². The van der Waals surface area contributed by atoms with Crippen LogP contribution < -0.4 is 0 Å². The number of ketones is 1. The molecule has 0 aliphatic heterocycles. The van der Waals surface area contributed by atoms with Crippen molar-refractivity contribution in [3.63, 3.8) is 0 Å². The Bertz CT molecular complexity index is 613. The number of nitro benzene ring substituents is 1. The molecule has 1 aromatic carbocycles. The molecule has 0 atom stereocenters. The molecule has 0 unspecified atom stereocenters. The predicted octanol–water partition coefficient (Wildman–Crippen LogP) is 2.98. The molecule has 0 saturated carbocycles. The monoisotopic (exact) mass is 232 g/mol. The highest BCUT2D eigenvalue weighted by Gasteiger charge is 2.19. The van der Waals surface area contributed by atoms with Gasteiger partial charge in [0.05, 0.1) is 10.6 Å². The maximum Gasteiger partial charge on any atom is 0.293 e. The molecule has 0 aliphatic rings. The second-order valence-corrected chi connectivity index (χ2v) is 3.86. The Morgan fingerprint density at radius 1 is 1.47 bits per heavy atom. The quantitative estimate of drug-likeness (QED) is 0.502. The van der Waals surface area contributed by atoms with Gasteiger partial charge in [-0.3, -0.25) is 14.9 Å². The largest absolute Gasteiger partial charge is 0.346 e. The Balaban J connectivity index is 2.77. The van der Waals surface area contributed by atoms with E-state index in [4.69, 9.17) is 0 Å². The van der Waals surface area contributed by atoms with Crippen LogP contribution in [0.2, 0.25) is 0 Å². The van der Waals surface area contributed by atoms with E-state index in [-0.39, 0.29) is 11.5 Å². The van der Waals surface area contributed by atoms with Crippen LogP contribution in [0.4, 0.5) is 5.69 Å². The molecule has 2 aromatic rings. The molecule has 1 heterocycles. The summed E-state index contributed by atoms with van der Waals surface area (Å²) in [5, 5.41) is 11.6.